The van der Waals surface area contributed by atoms with Gasteiger partial charge in [-0.25, -0.2) is 0 Å². The number of rotatable bonds is 15. The van der Waals surface area contributed by atoms with E-state index >= 15 is 0 Å². The first kappa shape index (κ1) is 39.7. The molecule has 1 fully saturated rings. The first-order chi connectivity index (χ1) is 25.5. The number of carbonyl (C=O) groups excluding carboxylic acids is 2. The number of halogens is 4. The number of nitrogens with zero attached hydrogens (tertiary/aromatic N) is 4. The van der Waals surface area contributed by atoms with Crippen LogP contribution in [0.2, 0.25) is 0 Å². The maximum absolute atomic E-state index is 14.8. The molecule has 0 aliphatic carbocycles. The zero-order chi connectivity index (χ0) is 37.8. The first-order valence-electron chi connectivity index (χ1n) is 17.2. The molecule has 1 aromatic heterocycles. The Morgan fingerprint density at radius 1 is 0.925 bits per heavy atom. The number of morpholine rings is 1. The largest absolute Gasteiger partial charge is 0.433 e. The second-order valence-corrected chi connectivity index (χ2v) is 14.5. The van der Waals surface area contributed by atoms with E-state index in [0.29, 0.717) is 38.5 Å². The summed E-state index contributed by atoms with van der Waals surface area (Å²) in [4.78, 5) is 38.0. The lowest BCUT2D eigenvalue weighted by Gasteiger charge is -2.40. The number of likely N-dealkylation sites (N-methyl/N-ethyl adjacent to an activating group) is 1. The Bertz CT molecular complexity index is 1800. The first-order valence-corrected chi connectivity index (χ1v) is 18.3. The minimum absolute atomic E-state index is 0.0923. The van der Waals surface area contributed by atoms with E-state index in [1.165, 1.54) is 18.2 Å². The van der Waals surface area contributed by atoms with E-state index in [9.17, 15) is 22.8 Å². The minimum atomic E-state index is -4.58. The third kappa shape index (κ3) is 11.0. The predicted octanol–water partition coefficient (Wildman–Crippen LogP) is 7.07. The summed E-state index contributed by atoms with van der Waals surface area (Å²) in [5, 5.41) is 3.29. The van der Waals surface area contributed by atoms with Crippen LogP contribution in [0.5, 0.6) is 0 Å². The molecular formula is C40H43F3IN5O4. The number of hydrogen-bond acceptors (Lipinski definition) is 7. The van der Waals surface area contributed by atoms with Crippen LogP contribution in [0, 0.1) is 0 Å². The molecule has 1 saturated heterocycles. The van der Waals surface area contributed by atoms with Crippen LogP contribution in [0.25, 0.3) is 6.08 Å². The Kier molecular flexibility index (Phi) is 13.9. The van der Waals surface area contributed by atoms with E-state index < -0.39 is 21.3 Å². The van der Waals surface area contributed by atoms with Crippen molar-refractivity contribution in [3.63, 3.8) is 0 Å². The van der Waals surface area contributed by atoms with Crippen LogP contribution in [-0.4, -0.2) is 83.8 Å². The maximum Gasteiger partial charge on any atom is 0.433 e. The Balaban J connectivity index is 1.47. The van der Waals surface area contributed by atoms with Gasteiger partial charge in [-0.2, -0.15) is 13.2 Å². The SMILES string of the molecule is COCCNc1ccc(CN(C)C(=O)C(I)(Cc2ccccc2)N(Cc2ccc(N3CCOCC3)cc2)C(=O)C=Cc2ccc(C(F)(F)F)nc2)cc1. The number of hydrogen-bond donors (Lipinski definition) is 1. The summed E-state index contributed by atoms with van der Waals surface area (Å²) in [5.41, 5.74) is 3.81. The number of alkyl halides is 4. The molecule has 0 saturated carbocycles. The zero-order valence-electron chi connectivity index (χ0n) is 29.7. The molecular weight excluding hydrogens is 798 g/mol. The average Bonchev–Trinajstić information content (AvgIpc) is 3.17. The quantitative estimate of drug-likeness (QED) is 0.0451. The molecule has 13 heteroatoms. The van der Waals surface area contributed by atoms with Crippen molar-refractivity contribution in [2.75, 3.05) is 63.8 Å². The molecule has 5 rings (SSSR count). The molecule has 2 amide bonds. The van der Waals surface area contributed by atoms with Gasteiger partial charge in [-0.05, 0) is 81.3 Å². The number of anilines is 2. The van der Waals surface area contributed by atoms with E-state index in [0.717, 1.165) is 53.4 Å². The van der Waals surface area contributed by atoms with Gasteiger partial charge in [0.15, 0.2) is 3.55 Å². The number of pyridine rings is 1. The van der Waals surface area contributed by atoms with Crippen molar-refractivity contribution in [3.8, 4) is 0 Å². The van der Waals surface area contributed by atoms with Crippen molar-refractivity contribution in [1.82, 2.24) is 14.8 Å². The van der Waals surface area contributed by atoms with E-state index in [1.807, 2.05) is 78.9 Å². The molecule has 2 heterocycles. The number of nitrogens with one attached hydrogen (secondary N) is 1. The molecule has 1 N–H and O–H groups in total. The molecule has 1 aliphatic rings. The molecule has 53 heavy (non-hydrogen) atoms. The smallest absolute Gasteiger partial charge is 0.383 e. The highest BCUT2D eigenvalue weighted by atomic mass is 127. The van der Waals surface area contributed by atoms with Crippen molar-refractivity contribution in [2.45, 2.75) is 29.2 Å². The minimum Gasteiger partial charge on any atom is -0.383 e. The van der Waals surface area contributed by atoms with E-state index in [1.54, 1.807) is 24.0 Å². The summed E-state index contributed by atoms with van der Waals surface area (Å²) in [5.74, 6) is -0.771. The number of aromatic nitrogens is 1. The number of amides is 2. The Labute approximate surface area is 321 Å². The highest BCUT2D eigenvalue weighted by molar-refractivity contribution is 14.1. The van der Waals surface area contributed by atoms with Crippen molar-refractivity contribution in [1.29, 1.82) is 0 Å². The molecule has 1 atom stereocenters. The fourth-order valence-electron chi connectivity index (χ4n) is 5.94. The standard InChI is InChI=1S/C40H43F3IN5O4/c1-47(28-32-8-14-34(15-9-32)45-20-23-52-2)38(51)39(44,26-30-6-4-3-5-7-30)49(29-33-10-16-35(17-11-33)48-21-24-53-25-22-48)37(50)19-13-31-12-18-36(46-27-31)40(41,42)43/h3-19,27,45H,20-26,28-29H2,1-2H3. The number of carbonyl (C=O) groups is 2. The van der Waals surface area contributed by atoms with Crippen molar-refractivity contribution in [2.24, 2.45) is 0 Å². The third-order valence-corrected chi connectivity index (χ3v) is 10.2. The zero-order valence-corrected chi connectivity index (χ0v) is 31.8. The molecule has 0 spiro atoms. The predicted molar refractivity (Wildman–Crippen MR) is 208 cm³/mol. The Morgan fingerprint density at radius 3 is 2.21 bits per heavy atom. The molecule has 4 aromatic rings. The average molecular weight is 842 g/mol. The third-order valence-electron chi connectivity index (χ3n) is 8.81. The Morgan fingerprint density at radius 2 is 1.58 bits per heavy atom. The highest BCUT2D eigenvalue weighted by Gasteiger charge is 2.45. The van der Waals surface area contributed by atoms with E-state index in [-0.39, 0.29) is 18.9 Å². The van der Waals surface area contributed by atoms with Gasteiger partial charge >= 0.3 is 6.18 Å². The maximum atomic E-state index is 14.8. The second kappa shape index (κ2) is 18.5. The summed E-state index contributed by atoms with van der Waals surface area (Å²) < 4.78 is 48.6. The fourth-order valence-corrected chi connectivity index (χ4v) is 7.20. The van der Waals surface area contributed by atoms with Gasteiger partial charge in [-0.1, -0.05) is 60.7 Å². The van der Waals surface area contributed by atoms with Crippen LogP contribution in [0.3, 0.4) is 0 Å². The van der Waals surface area contributed by atoms with Crippen molar-refractivity contribution in [3.05, 3.63) is 131 Å². The molecule has 3 aromatic carbocycles. The lowest BCUT2D eigenvalue weighted by atomic mass is 10.0. The number of benzene rings is 3. The van der Waals surface area contributed by atoms with Crippen LogP contribution in [-0.2, 0) is 44.7 Å². The van der Waals surface area contributed by atoms with Gasteiger partial charge in [0.25, 0.3) is 5.91 Å². The molecule has 0 bridgehead atoms. The normalized spacial score (nSPS) is 14.5. The monoisotopic (exact) mass is 841 g/mol. The van der Waals surface area contributed by atoms with Crippen LogP contribution >= 0.6 is 22.6 Å². The summed E-state index contributed by atoms with van der Waals surface area (Å²) >= 11 is 2.10. The lowest BCUT2D eigenvalue weighted by Crippen LogP contribution is -2.57. The van der Waals surface area contributed by atoms with Gasteiger partial charge in [-0.3, -0.25) is 14.6 Å². The topological polar surface area (TPSA) is 87.2 Å². The van der Waals surface area contributed by atoms with Gasteiger partial charge in [0, 0.05) is 76.9 Å². The van der Waals surface area contributed by atoms with Crippen molar-refractivity contribution >= 4 is 51.9 Å². The molecule has 1 aliphatic heterocycles. The van der Waals surface area contributed by atoms with Gasteiger partial charge in [0.2, 0.25) is 5.91 Å². The van der Waals surface area contributed by atoms with Crippen LogP contribution in [0.1, 0.15) is 27.9 Å². The van der Waals surface area contributed by atoms with Gasteiger partial charge in [0.05, 0.1) is 19.8 Å². The number of ether oxygens (including phenoxy) is 2. The fraction of sp³-hybridized carbons (Fsp3) is 0.325. The van der Waals surface area contributed by atoms with Crippen molar-refractivity contribution < 1.29 is 32.2 Å². The van der Waals surface area contributed by atoms with E-state index in [2.05, 4.69) is 37.8 Å². The van der Waals surface area contributed by atoms with Gasteiger partial charge in [0.1, 0.15) is 5.69 Å². The second-order valence-electron chi connectivity index (χ2n) is 12.7. The summed E-state index contributed by atoms with van der Waals surface area (Å²) in [6.45, 7) is 4.45. The van der Waals surface area contributed by atoms with Gasteiger partial charge < -0.3 is 29.5 Å². The van der Waals surface area contributed by atoms with Crippen LogP contribution in [0.15, 0.2) is 103 Å². The summed E-state index contributed by atoms with van der Waals surface area (Å²) in [6.07, 6.45) is -0.611. The highest BCUT2D eigenvalue weighted by Crippen LogP contribution is 2.34. The van der Waals surface area contributed by atoms with Gasteiger partial charge in [-0.15, -0.1) is 0 Å². The molecule has 280 valence electrons. The van der Waals surface area contributed by atoms with Crippen LogP contribution in [0.4, 0.5) is 24.5 Å². The Hall–Kier alpha value is -4.47. The lowest BCUT2D eigenvalue weighted by molar-refractivity contribution is -0.144. The summed E-state index contributed by atoms with van der Waals surface area (Å²) in [6, 6.07) is 27.3. The van der Waals surface area contributed by atoms with E-state index in [4.69, 9.17) is 9.47 Å². The van der Waals surface area contributed by atoms with Crippen LogP contribution < -0.4 is 10.2 Å². The molecule has 0 radical (unpaired) electrons. The number of methoxy groups -OCH3 is 1. The molecule has 9 nitrogen and oxygen atoms in total. The summed E-state index contributed by atoms with van der Waals surface area (Å²) in [7, 11) is 3.36. The molecule has 1 unspecified atom stereocenters.